The molecule has 2 saturated carbocycles. The molecule has 3 aromatic heterocycles. The number of nitrogens with zero attached hydrogens (tertiary/aromatic N) is 7. The second kappa shape index (κ2) is 17.6. The molecule has 3 aliphatic heterocycles. The molecule has 6 heterocycles. The van der Waals surface area contributed by atoms with Gasteiger partial charge in [-0.1, -0.05) is 31.6 Å². The Labute approximate surface area is 359 Å². The lowest BCUT2D eigenvalue weighted by molar-refractivity contribution is -0.125. The minimum Gasteiger partial charge on any atom is -0.444 e. The zero-order valence-electron chi connectivity index (χ0n) is 35.0. The van der Waals surface area contributed by atoms with Crippen LogP contribution in [-0.2, 0) is 17.8 Å². The van der Waals surface area contributed by atoms with Gasteiger partial charge >= 0.3 is 0 Å². The van der Waals surface area contributed by atoms with E-state index in [1.165, 1.54) is 25.3 Å². The van der Waals surface area contributed by atoms with E-state index in [1.54, 1.807) is 23.0 Å². The van der Waals surface area contributed by atoms with Crippen LogP contribution in [0.4, 0.5) is 14.5 Å². The Hall–Kier alpha value is -5.61. The van der Waals surface area contributed by atoms with Crippen molar-refractivity contribution in [3.8, 4) is 11.5 Å². The molecule has 0 radical (unpaired) electrons. The van der Waals surface area contributed by atoms with E-state index in [9.17, 15) is 28.0 Å². The van der Waals surface area contributed by atoms with Crippen molar-refractivity contribution in [1.82, 2.24) is 39.8 Å². The van der Waals surface area contributed by atoms with Crippen LogP contribution in [0.2, 0.25) is 0 Å². The summed E-state index contributed by atoms with van der Waals surface area (Å²) in [5.41, 5.74) is 3.28. The van der Waals surface area contributed by atoms with Crippen molar-refractivity contribution in [1.29, 1.82) is 0 Å². The van der Waals surface area contributed by atoms with E-state index < -0.39 is 35.9 Å². The maximum Gasteiger partial charge on any atom is 0.284 e. The number of nitrogens with one attached hydrogen (secondary N) is 2. The third-order valence-corrected chi connectivity index (χ3v) is 13.5. The first-order chi connectivity index (χ1) is 30.0. The van der Waals surface area contributed by atoms with Crippen molar-refractivity contribution in [3.05, 3.63) is 95.0 Å². The Bertz CT molecular complexity index is 2360. The Kier molecular flexibility index (Phi) is 11.9. The summed E-state index contributed by atoms with van der Waals surface area (Å²) < 4.78 is 35.7. The van der Waals surface area contributed by atoms with Crippen molar-refractivity contribution in [3.63, 3.8) is 0 Å². The number of halogens is 2. The first kappa shape index (κ1) is 41.7. The first-order valence-corrected chi connectivity index (χ1v) is 22.0. The van der Waals surface area contributed by atoms with Gasteiger partial charge in [0.25, 0.3) is 24.1 Å². The van der Waals surface area contributed by atoms with Gasteiger partial charge in [0.15, 0.2) is 11.4 Å². The Morgan fingerprint density at radius 2 is 1.79 bits per heavy atom. The van der Waals surface area contributed by atoms with Gasteiger partial charge in [-0.3, -0.25) is 38.6 Å². The topological polar surface area (TPSA) is 159 Å². The minimum atomic E-state index is -2.87. The Morgan fingerprint density at radius 1 is 1.02 bits per heavy atom. The highest BCUT2D eigenvalue weighted by molar-refractivity contribution is 6.23. The van der Waals surface area contributed by atoms with Crippen molar-refractivity contribution < 1.29 is 32.4 Å². The number of rotatable bonds is 14. The molecule has 4 amide bonds. The van der Waals surface area contributed by atoms with Crippen LogP contribution in [0.5, 0.6) is 0 Å². The number of oxazole rings is 1. The number of alkyl halides is 2. The van der Waals surface area contributed by atoms with Crippen LogP contribution in [-0.4, -0.2) is 96.8 Å². The predicted octanol–water partition coefficient (Wildman–Crippen LogP) is 7.18. The van der Waals surface area contributed by atoms with E-state index in [4.69, 9.17) is 4.42 Å². The SMILES string of the molecule is C=C1CCC(N2C(=O)c3cccc(CN4CCC(N(C)CC5CCC(n6cc(NC(=O)c7coc(-c8ccnc(CCC9CC9)c8)n7)c(C(F)F)n6)CC5)CC4)c3C2=O)C(=O)N1. The molecule has 62 heavy (non-hydrogen) atoms. The van der Waals surface area contributed by atoms with Gasteiger partial charge in [-0.15, -0.1) is 0 Å². The quantitative estimate of drug-likeness (QED) is 0.125. The van der Waals surface area contributed by atoms with Crippen LogP contribution in [0.1, 0.15) is 131 Å². The summed E-state index contributed by atoms with van der Waals surface area (Å²) in [7, 11) is 2.17. The van der Waals surface area contributed by atoms with Crippen molar-refractivity contribution >= 4 is 29.3 Å². The minimum absolute atomic E-state index is 0.0142. The van der Waals surface area contributed by atoms with Crippen LogP contribution in [0.15, 0.2) is 65.7 Å². The maximum atomic E-state index is 14.2. The smallest absolute Gasteiger partial charge is 0.284 e. The fraction of sp³-hybridized carbons (Fsp3) is 0.500. The lowest BCUT2D eigenvalue weighted by atomic mass is 9.85. The molecule has 1 atom stereocenters. The van der Waals surface area contributed by atoms with E-state index >= 15 is 0 Å². The number of pyridine rings is 1. The largest absolute Gasteiger partial charge is 0.444 e. The standard InChI is InChI=1S/C46H53F2N9O5/c1-27-6-15-38(43(59)50-27)57-45(60)35-5-3-4-31(39(35)46(57)61)24-55-20-17-33(18-21-55)54(2)23-29-10-13-34(14-11-29)56-25-36(40(53-56)41(47)48)51-42(58)37-26-62-44(52-37)30-16-19-49-32(22-30)12-9-28-7-8-28/h3-5,16,19,22,25-26,28-29,33-34,38,41H,1,6-15,17-18,20-21,23-24H2,2H3,(H,50,59)(H,51,58). The number of fused-ring (bicyclic) bond motifs is 1. The molecule has 14 nitrogen and oxygen atoms in total. The molecule has 1 aromatic carbocycles. The molecule has 326 valence electrons. The lowest BCUT2D eigenvalue weighted by Gasteiger charge is -2.39. The third-order valence-electron chi connectivity index (χ3n) is 13.5. The van der Waals surface area contributed by atoms with E-state index in [1.807, 2.05) is 18.2 Å². The highest BCUT2D eigenvalue weighted by Gasteiger charge is 2.45. The number of aromatic nitrogens is 4. The molecule has 0 spiro atoms. The van der Waals surface area contributed by atoms with E-state index in [-0.39, 0.29) is 29.2 Å². The van der Waals surface area contributed by atoms with Crippen molar-refractivity contribution in [2.24, 2.45) is 11.8 Å². The summed E-state index contributed by atoms with van der Waals surface area (Å²) in [6.07, 6.45) is 12.3. The number of benzene rings is 1. The monoisotopic (exact) mass is 849 g/mol. The van der Waals surface area contributed by atoms with E-state index in [0.717, 1.165) is 93.1 Å². The van der Waals surface area contributed by atoms with Gasteiger partial charge < -0.3 is 20.0 Å². The Morgan fingerprint density at radius 3 is 2.53 bits per heavy atom. The van der Waals surface area contributed by atoms with Crippen LogP contribution in [0.3, 0.4) is 0 Å². The highest BCUT2D eigenvalue weighted by atomic mass is 19.3. The molecule has 2 aliphatic carbocycles. The summed E-state index contributed by atoms with van der Waals surface area (Å²) in [6.45, 7) is 6.98. The van der Waals surface area contributed by atoms with Gasteiger partial charge in [-0.25, -0.2) is 13.8 Å². The number of imide groups is 1. The molecule has 9 rings (SSSR count). The second-order valence-electron chi connectivity index (χ2n) is 17.8. The van der Waals surface area contributed by atoms with E-state index in [2.05, 4.69) is 49.1 Å². The molecule has 1 unspecified atom stereocenters. The number of carbonyl (C=O) groups excluding carboxylic acids is 4. The zero-order valence-corrected chi connectivity index (χ0v) is 35.0. The maximum absolute atomic E-state index is 14.2. The third kappa shape index (κ3) is 8.85. The molecular weight excluding hydrogens is 797 g/mol. The number of aryl methyl sites for hydroxylation is 1. The molecule has 5 aliphatic rings. The fourth-order valence-electron chi connectivity index (χ4n) is 9.76. The number of carbonyl (C=O) groups is 4. The summed E-state index contributed by atoms with van der Waals surface area (Å²) in [5, 5.41) is 9.56. The van der Waals surface area contributed by atoms with E-state index in [0.29, 0.717) is 53.7 Å². The number of hydrogen-bond donors (Lipinski definition) is 2. The summed E-state index contributed by atoms with van der Waals surface area (Å²) in [4.78, 5) is 67.6. The number of piperidine rings is 2. The van der Waals surface area contributed by atoms with Gasteiger partial charge in [0.05, 0.1) is 22.9 Å². The zero-order chi connectivity index (χ0) is 43.1. The molecule has 0 bridgehead atoms. The average Bonchev–Trinajstić information content (AvgIpc) is 3.67. The summed E-state index contributed by atoms with van der Waals surface area (Å²) >= 11 is 0. The van der Waals surface area contributed by atoms with Gasteiger partial charge in [0.1, 0.15) is 12.3 Å². The highest BCUT2D eigenvalue weighted by Crippen LogP contribution is 2.37. The fourth-order valence-corrected chi connectivity index (χ4v) is 9.76. The van der Waals surface area contributed by atoms with Crippen LogP contribution < -0.4 is 10.6 Å². The van der Waals surface area contributed by atoms with Gasteiger partial charge in [-0.05, 0) is 120 Å². The van der Waals surface area contributed by atoms with Gasteiger partial charge in [0, 0.05) is 48.5 Å². The number of anilines is 1. The summed E-state index contributed by atoms with van der Waals surface area (Å²) in [5.74, 6) is -0.347. The molecule has 2 saturated heterocycles. The number of amides is 4. The first-order valence-electron chi connectivity index (χ1n) is 22.0. The number of allylic oxidation sites excluding steroid dienone is 1. The Balaban J connectivity index is 0.748. The molecular formula is C46H53F2N9O5. The van der Waals surface area contributed by atoms with Crippen molar-refractivity contribution in [2.45, 2.75) is 108 Å². The lowest BCUT2D eigenvalue weighted by Crippen LogP contribution is -2.51. The number of likely N-dealkylation sites (tertiary alicyclic amines) is 1. The molecule has 4 fully saturated rings. The summed E-state index contributed by atoms with van der Waals surface area (Å²) in [6, 6.07) is 8.57. The average molecular weight is 850 g/mol. The molecule has 16 heteroatoms. The second-order valence-corrected chi connectivity index (χ2v) is 17.8. The normalized spacial score (nSPS) is 22.5. The van der Waals surface area contributed by atoms with Gasteiger partial charge in [-0.2, -0.15) is 5.10 Å². The van der Waals surface area contributed by atoms with Crippen LogP contribution in [0.25, 0.3) is 11.5 Å². The van der Waals surface area contributed by atoms with Crippen LogP contribution in [0, 0.1) is 11.8 Å². The predicted molar refractivity (Wildman–Crippen MR) is 225 cm³/mol. The van der Waals surface area contributed by atoms with Crippen LogP contribution >= 0.6 is 0 Å². The van der Waals surface area contributed by atoms with Gasteiger partial charge in [0.2, 0.25) is 11.8 Å². The number of hydrogen-bond acceptors (Lipinski definition) is 10. The van der Waals surface area contributed by atoms with Crippen molar-refractivity contribution in [2.75, 3.05) is 32.0 Å². The molecule has 4 aromatic rings. The molecule has 2 N–H and O–H groups in total.